The Morgan fingerprint density at radius 1 is 1.29 bits per heavy atom. The van der Waals surface area contributed by atoms with Gasteiger partial charge in [-0.05, 0) is 11.6 Å². The van der Waals surface area contributed by atoms with Crippen molar-refractivity contribution in [3.8, 4) is 0 Å². The molecule has 0 N–H and O–H groups in total. The van der Waals surface area contributed by atoms with Crippen LogP contribution in [-0.2, 0) is 18.5 Å². The van der Waals surface area contributed by atoms with Crippen LogP contribution in [0.1, 0.15) is 26.4 Å². The summed E-state index contributed by atoms with van der Waals surface area (Å²) in [6.07, 6.45) is 1.54. The van der Waals surface area contributed by atoms with E-state index in [1.807, 2.05) is 6.07 Å². The normalized spacial score (nSPS) is 11.1. The number of aromatic nitrogens is 1. The van der Waals surface area contributed by atoms with Gasteiger partial charge in [-0.3, -0.25) is 4.79 Å². The first kappa shape index (κ1) is 15.7. The van der Waals surface area contributed by atoms with E-state index in [0.717, 1.165) is 15.7 Å². The minimum Gasteiger partial charge on any atom is -0.456 e. The zero-order chi connectivity index (χ0) is 15.5. The number of rotatable bonds is 5. The predicted molar refractivity (Wildman–Crippen MR) is 83.7 cm³/mol. The molecule has 2 aromatic rings. The van der Waals surface area contributed by atoms with Gasteiger partial charge in [0.15, 0.2) is 6.29 Å². The molecule has 0 saturated carbocycles. The third-order valence-corrected chi connectivity index (χ3v) is 4.65. The molecule has 0 aliphatic heterocycles. The minimum absolute atomic E-state index is 0.0164. The molecule has 21 heavy (non-hydrogen) atoms. The molecule has 8 heteroatoms. The highest BCUT2D eigenvalue weighted by Crippen LogP contribution is 2.17. The molecule has 1 aromatic heterocycles. The Balaban J connectivity index is 2.23. The Bertz CT molecular complexity index is 767. The minimum atomic E-state index is -3.72. The fourth-order valence-corrected chi connectivity index (χ4v) is 3.24. The molecule has 0 amide bonds. The molecule has 0 spiro atoms. The summed E-state index contributed by atoms with van der Waals surface area (Å²) < 4.78 is 29.0. The first-order valence-electron chi connectivity index (χ1n) is 5.75. The molecule has 0 saturated heterocycles. The molecule has 0 radical (unpaired) electrons. The summed E-state index contributed by atoms with van der Waals surface area (Å²) in [7, 11) is -3.72. The summed E-state index contributed by atoms with van der Waals surface area (Å²) in [5.41, 5.74) is 0.654. The van der Waals surface area contributed by atoms with Crippen LogP contribution < -0.4 is 0 Å². The maximum absolute atomic E-state index is 12.0. The lowest BCUT2D eigenvalue weighted by atomic mass is 10.2. The monoisotopic (exact) mass is 419 g/mol. The van der Waals surface area contributed by atoms with Crippen molar-refractivity contribution in [1.29, 1.82) is 0 Å². The number of carbonyl (C=O) groups is 2. The van der Waals surface area contributed by atoms with Gasteiger partial charge in [0.05, 0.1) is 21.2 Å². The topological polar surface area (TPSA) is 82.4 Å². The lowest BCUT2D eigenvalue weighted by Gasteiger charge is -2.06. The average molecular weight is 419 g/mol. The van der Waals surface area contributed by atoms with Crippen molar-refractivity contribution in [2.24, 2.45) is 0 Å². The molecule has 6 nitrogen and oxygen atoms in total. The van der Waals surface area contributed by atoms with Gasteiger partial charge < -0.3 is 4.74 Å². The van der Waals surface area contributed by atoms with Gasteiger partial charge in [0.25, 0.3) is 7.19 Å². The number of benzene rings is 1. The van der Waals surface area contributed by atoms with Crippen molar-refractivity contribution in [3.05, 3.63) is 59.4 Å². The molecular formula is C13H10INO5S. The Morgan fingerprint density at radius 2 is 1.95 bits per heavy atom. The first-order chi connectivity index (χ1) is 9.91. The summed E-state index contributed by atoms with van der Waals surface area (Å²) in [5.74, 6) is -0.813. The zero-order valence-corrected chi connectivity index (χ0v) is 13.6. The van der Waals surface area contributed by atoms with Crippen LogP contribution in [0.2, 0.25) is 0 Å². The quantitative estimate of drug-likeness (QED) is 0.321. The van der Waals surface area contributed by atoms with Gasteiger partial charge in [0, 0.05) is 11.8 Å². The second-order valence-electron chi connectivity index (χ2n) is 4.08. The van der Waals surface area contributed by atoms with Crippen LogP contribution in [0.3, 0.4) is 0 Å². The molecule has 0 aliphatic carbocycles. The second-order valence-corrected chi connectivity index (χ2v) is 8.63. The van der Waals surface area contributed by atoms with Gasteiger partial charge in [-0.15, -0.1) is 0 Å². The van der Waals surface area contributed by atoms with Gasteiger partial charge in [0.2, 0.25) is 0 Å². The van der Waals surface area contributed by atoms with Crippen LogP contribution in [-0.4, -0.2) is 24.6 Å². The molecular weight excluding hydrogens is 409 g/mol. The van der Waals surface area contributed by atoms with Gasteiger partial charge >= 0.3 is 5.97 Å². The van der Waals surface area contributed by atoms with E-state index >= 15 is 0 Å². The van der Waals surface area contributed by atoms with Crippen LogP contribution in [0.15, 0.2) is 42.6 Å². The fourth-order valence-electron chi connectivity index (χ4n) is 1.65. The summed E-state index contributed by atoms with van der Waals surface area (Å²) in [5, 5.41) is 0. The van der Waals surface area contributed by atoms with E-state index < -0.39 is 13.2 Å². The molecule has 110 valence electrons. The van der Waals surface area contributed by atoms with E-state index in [1.54, 1.807) is 24.3 Å². The number of aldehydes is 1. The maximum atomic E-state index is 12.0. The molecule has 0 bridgehead atoms. The lowest BCUT2D eigenvalue weighted by Crippen LogP contribution is -2.14. The van der Waals surface area contributed by atoms with E-state index in [1.165, 1.54) is 27.3 Å². The number of esters is 1. The molecule has 0 fully saturated rings. The summed E-state index contributed by atoms with van der Waals surface area (Å²) >= 11 is 1.18. The van der Waals surface area contributed by atoms with Gasteiger partial charge in [-0.1, -0.05) is 30.3 Å². The SMILES string of the molecule is O=Cc1cc(C(=O)OCc2ccccc2)n(S(=O)(=O)I)c1. The highest BCUT2D eigenvalue weighted by molar-refractivity contribution is 14.2. The zero-order valence-electron chi connectivity index (χ0n) is 10.6. The number of halogens is 1. The molecule has 1 aromatic carbocycles. The average Bonchev–Trinajstić information content (AvgIpc) is 2.90. The van der Waals surface area contributed by atoms with Crippen molar-refractivity contribution in [2.75, 3.05) is 0 Å². The van der Waals surface area contributed by atoms with Crippen molar-refractivity contribution in [1.82, 2.24) is 3.97 Å². The Labute approximate surface area is 133 Å². The summed E-state index contributed by atoms with van der Waals surface area (Å²) in [4.78, 5) is 22.7. The summed E-state index contributed by atoms with van der Waals surface area (Å²) in [6, 6.07) is 10.2. The van der Waals surface area contributed by atoms with E-state index in [2.05, 4.69) is 0 Å². The predicted octanol–water partition coefficient (Wildman–Crippen LogP) is 2.19. The molecule has 0 unspecified atom stereocenters. The van der Waals surface area contributed by atoms with E-state index in [4.69, 9.17) is 4.74 Å². The first-order valence-corrected chi connectivity index (χ1v) is 9.74. The lowest BCUT2D eigenvalue weighted by molar-refractivity contribution is 0.0464. The largest absolute Gasteiger partial charge is 0.456 e. The van der Waals surface area contributed by atoms with E-state index in [-0.39, 0.29) is 17.9 Å². The van der Waals surface area contributed by atoms with E-state index in [0.29, 0.717) is 6.29 Å². The van der Waals surface area contributed by atoms with Crippen molar-refractivity contribution in [3.63, 3.8) is 0 Å². The van der Waals surface area contributed by atoms with Gasteiger partial charge in [-0.2, -0.15) is 8.42 Å². The van der Waals surface area contributed by atoms with Crippen LogP contribution in [0.5, 0.6) is 0 Å². The van der Waals surface area contributed by atoms with Crippen LogP contribution in [0.4, 0.5) is 0 Å². The summed E-state index contributed by atoms with van der Waals surface area (Å²) in [6.45, 7) is 0.0164. The molecule has 1 heterocycles. The fraction of sp³-hybridized carbons (Fsp3) is 0.0769. The van der Waals surface area contributed by atoms with E-state index in [9.17, 15) is 18.0 Å². The Morgan fingerprint density at radius 3 is 2.52 bits per heavy atom. The number of hydrogen-bond acceptors (Lipinski definition) is 5. The Kier molecular flexibility index (Phi) is 4.78. The molecule has 2 rings (SSSR count). The van der Waals surface area contributed by atoms with Crippen LogP contribution in [0.25, 0.3) is 0 Å². The second kappa shape index (κ2) is 6.39. The van der Waals surface area contributed by atoms with Crippen LogP contribution in [0, 0.1) is 0 Å². The number of nitrogens with zero attached hydrogens (tertiary/aromatic N) is 1. The smallest absolute Gasteiger partial charge is 0.356 e. The standard InChI is InChI=1S/C13H10INO5S/c14-21(18,19)15-7-11(8-16)6-12(15)13(17)20-9-10-4-2-1-3-5-10/h1-8H,9H2. The van der Waals surface area contributed by atoms with Crippen molar-refractivity contribution >= 4 is 40.7 Å². The van der Waals surface area contributed by atoms with Crippen LogP contribution >= 0.6 is 21.2 Å². The maximum Gasteiger partial charge on any atom is 0.356 e. The number of carbonyl (C=O) groups excluding carboxylic acids is 2. The van der Waals surface area contributed by atoms with Crippen molar-refractivity contribution < 1.29 is 22.7 Å². The molecule has 0 aliphatic rings. The number of ether oxygens (including phenoxy) is 1. The highest BCUT2D eigenvalue weighted by atomic mass is 127. The van der Waals surface area contributed by atoms with Gasteiger partial charge in [0.1, 0.15) is 12.3 Å². The third-order valence-electron chi connectivity index (χ3n) is 2.60. The number of hydrogen-bond donors (Lipinski definition) is 0. The van der Waals surface area contributed by atoms with Crippen molar-refractivity contribution in [2.45, 2.75) is 6.61 Å². The van der Waals surface area contributed by atoms with Gasteiger partial charge in [-0.25, -0.2) is 8.77 Å². The molecule has 0 atom stereocenters. The highest BCUT2D eigenvalue weighted by Gasteiger charge is 2.21. The third kappa shape index (κ3) is 3.91. The Hall–Kier alpha value is -1.68.